The van der Waals surface area contributed by atoms with Crippen LogP contribution in [0, 0.1) is 5.92 Å². The maximum absolute atomic E-state index is 5.89. The lowest BCUT2D eigenvalue weighted by molar-refractivity contribution is 0.0928. The van der Waals surface area contributed by atoms with E-state index in [4.69, 9.17) is 9.47 Å². The average Bonchev–Trinajstić information content (AvgIpc) is 3.22. The van der Waals surface area contributed by atoms with E-state index in [2.05, 4.69) is 34.7 Å². The first kappa shape index (κ1) is 20.5. The molecule has 2 saturated heterocycles. The van der Waals surface area contributed by atoms with Crippen LogP contribution in [0.25, 0.3) is 0 Å². The predicted octanol–water partition coefficient (Wildman–Crippen LogP) is 2.94. The highest BCUT2D eigenvalue weighted by Gasteiger charge is 2.41. The zero-order chi connectivity index (χ0) is 16.8. The van der Waals surface area contributed by atoms with Crippen LogP contribution in [0.5, 0.6) is 0 Å². The molecule has 2 N–H and O–H groups in total. The second kappa shape index (κ2) is 10.3. The van der Waals surface area contributed by atoms with Crippen molar-refractivity contribution in [3.8, 4) is 0 Å². The number of ether oxygens (including phenoxy) is 2. The van der Waals surface area contributed by atoms with Gasteiger partial charge in [0, 0.05) is 13.6 Å². The van der Waals surface area contributed by atoms with Gasteiger partial charge >= 0.3 is 0 Å². The van der Waals surface area contributed by atoms with Crippen LogP contribution in [0.3, 0.4) is 0 Å². The molecule has 0 amide bonds. The molecule has 0 aromatic heterocycles. The standard InChI is InChI=1S/C19H29N3O2.HI/c1-14(12-23-13-15-6-4-3-5-7-15)11-21-19(20-2)22-17-10-16-8-9-18(17)24-16;/h3-7,14,16-18H,8-13H2,1-2H3,(H2,20,21,22);1H. The molecule has 1 aromatic carbocycles. The van der Waals surface area contributed by atoms with Gasteiger partial charge in [0.05, 0.1) is 31.5 Å². The molecule has 25 heavy (non-hydrogen) atoms. The van der Waals surface area contributed by atoms with Crippen LogP contribution in [0.1, 0.15) is 31.7 Å². The number of nitrogens with one attached hydrogen (secondary N) is 2. The molecule has 140 valence electrons. The topological polar surface area (TPSA) is 54.9 Å². The number of nitrogens with zero attached hydrogens (tertiary/aromatic N) is 1. The summed E-state index contributed by atoms with van der Waals surface area (Å²) in [4.78, 5) is 4.33. The molecule has 0 aliphatic carbocycles. The van der Waals surface area contributed by atoms with E-state index >= 15 is 0 Å². The Kier molecular flexibility index (Phi) is 8.45. The molecule has 2 heterocycles. The first-order chi connectivity index (χ1) is 11.7. The van der Waals surface area contributed by atoms with Crippen molar-refractivity contribution < 1.29 is 9.47 Å². The van der Waals surface area contributed by atoms with E-state index in [0.29, 0.717) is 30.8 Å². The minimum absolute atomic E-state index is 0. The molecule has 4 unspecified atom stereocenters. The van der Waals surface area contributed by atoms with Crippen molar-refractivity contribution in [2.75, 3.05) is 20.2 Å². The SMILES string of the molecule is CN=C(NCC(C)COCc1ccccc1)NC1CC2CCC1O2.I. The minimum Gasteiger partial charge on any atom is -0.376 e. The van der Waals surface area contributed by atoms with Gasteiger partial charge < -0.3 is 20.1 Å². The molecule has 1 aromatic rings. The van der Waals surface area contributed by atoms with Crippen molar-refractivity contribution in [1.29, 1.82) is 0 Å². The summed E-state index contributed by atoms with van der Waals surface area (Å²) >= 11 is 0. The molecule has 4 atom stereocenters. The van der Waals surface area contributed by atoms with Gasteiger partial charge in [-0.25, -0.2) is 0 Å². The Morgan fingerprint density at radius 2 is 2.12 bits per heavy atom. The monoisotopic (exact) mass is 459 g/mol. The number of fused-ring (bicyclic) bond motifs is 2. The number of hydrogen-bond acceptors (Lipinski definition) is 3. The van der Waals surface area contributed by atoms with Gasteiger partial charge in [-0.3, -0.25) is 4.99 Å². The second-order valence-corrected chi connectivity index (χ2v) is 6.92. The van der Waals surface area contributed by atoms with Crippen LogP contribution < -0.4 is 10.6 Å². The van der Waals surface area contributed by atoms with Gasteiger partial charge in [-0.15, -0.1) is 24.0 Å². The fraction of sp³-hybridized carbons (Fsp3) is 0.632. The Labute approximate surface area is 168 Å². The first-order valence-corrected chi connectivity index (χ1v) is 8.99. The van der Waals surface area contributed by atoms with Gasteiger partial charge in [0.25, 0.3) is 0 Å². The van der Waals surface area contributed by atoms with Gasteiger partial charge in [0.15, 0.2) is 5.96 Å². The lowest BCUT2D eigenvalue weighted by Crippen LogP contribution is -2.48. The van der Waals surface area contributed by atoms with E-state index in [1.54, 1.807) is 0 Å². The number of hydrogen-bond donors (Lipinski definition) is 2. The highest BCUT2D eigenvalue weighted by Crippen LogP contribution is 2.34. The van der Waals surface area contributed by atoms with Gasteiger partial charge in [-0.05, 0) is 30.7 Å². The van der Waals surface area contributed by atoms with Crippen LogP contribution in [-0.4, -0.2) is 44.4 Å². The van der Waals surface area contributed by atoms with E-state index in [-0.39, 0.29) is 24.0 Å². The van der Waals surface area contributed by atoms with E-state index in [9.17, 15) is 0 Å². The van der Waals surface area contributed by atoms with Crippen molar-refractivity contribution in [1.82, 2.24) is 10.6 Å². The first-order valence-electron chi connectivity index (χ1n) is 8.99. The Morgan fingerprint density at radius 3 is 2.76 bits per heavy atom. The minimum atomic E-state index is 0. The summed E-state index contributed by atoms with van der Waals surface area (Å²) in [5, 5.41) is 6.91. The number of halogens is 1. The Morgan fingerprint density at radius 1 is 1.32 bits per heavy atom. The molecule has 3 rings (SSSR count). The Bertz CT molecular complexity index is 541. The van der Waals surface area contributed by atoms with Crippen molar-refractivity contribution in [3.63, 3.8) is 0 Å². The molecule has 2 aliphatic rings. The smallest absolute Gasteiger partial charge is 0.191 e. The van der Waals surface area contributed by atoms with E-state index in [1.807, 2.05) is 25.2 Å². The third kappa shape index (κ3) is 6.11. The maximum atomic E-state index is 5.89. The number of rotatable bonds is 7. The zero-order valence-electron chi connectivity index (χ0n) is 15.1. The van der Waals surface area contributed by atoms with Crippen LogP contribution in [0.2, 0.25) is 0 Å². The summed E-state index contributed by atoms with van der Waals surface area (Å²) in [6.07, 6.45) is 4.30. The number of benzene rings is 1. The molecule has 2 aliphatic heterocycles. The average molecular weight is 459 g/mol. The summed E-state index contributed by atoms with van der Waals surface area (Å²) in [6, 6.07) is 10.7. The van der Waals surface area contributed by atoms with Crippen LogP contribution in [0.15, 0.2) is 35.3 Å². The van der Waals surface area contributed by atoms with Crippen LogP contribution in [-0.2, 0) is 16.1 Å². The van der Waals surface area contributed by atoms with Crippen molar-refractivity contribution in [2.45, 2.75) is 51.0 Å². The molecule has 2 bridgehead atoms. The third-order valence-electron chi connectivity index (χ3n) is 4.78. The summed E-state index contributed by atoms with van der Waals surface area (Å²) in [6.45, 7) is 4.43. The largest absolute Gasteiger partial charge is 0.376 e. The van der Waals surface area contributed by atoms with Crippen molar-refractivity contribution >= 4 is 29.9 Å². The highest BCUT2D eigenvalue weighted by molar-refractivity contribution is 14.0. The molecular weight excluding hydrogens is 429 g/mol. The quantitative estimate of drug-likeness (QED) is 0.374. The third-order valence-corrected chi connectivity index (χ3v) is 4.78. The van der Waals surface area contributed by atoms with Gasteiger partial charge in [0.1, 0.15) is 0 Å². The molecule has 5 nitrogen and oxygen atoms in total. The highest BCUT2D eigenvalue weighted by atomic mass is 127. The fourth-order valence-corrected chi connectivity index (χ4v) is 3.44. The molecular formula is C19H30IN3O2. The zero-order valence-corrected chi connectivity index (χ0v) is 17.4. The lowest BCUT2D eigenvalue weighted by Gasteiger charge is -2.23. The van der Waals surface area contributed by atoms with E-state index < -0.39 is 0 Å². The number of aliphatic imine (C=N–C) groups is 1. The normalized spacial score (nSPS) is 26.2. The maximum Gasteiger partial charge on any atom is 0.191 e. The van der Waals surface area contributed by atoms with Crippen molar-refractivity contribution in [3.05, 3.63) is 35.9 Å². The van der Waals surface area contributed by atoms with Gasteiger partial charge in [0.2, 0.25) is 0 Å². The number of guanidine groups is 1. The molecule has 0 spiro atoms. The summed E-state index contributed by atoms with van der Waals surface area (Å²) in [5.74, 6) is 1.29. The summed E-state index contributed by atoms with van der Waals surface area (Å²) in [5.41, 5.74) is 1.21. The molecule has 2 fully saturated rings. The Balaban J connectivity index is 0.00000225. The summed E-state index contributed by atoms with van der Waals surface area (Å²) in [7, 11) is 1.82. The predicted molar refractivity (Wildman–Crippen MR) is 111 cm³/mol. The molecule has 0 radical (unpaired) electrons. The molecule has 6 heteroatoms. The second-order valence-electron chi connectivity index (χ2n) is 6.92. The Hall–Kier alpha value is -0.860. The van der Waals surface area contributed by atoms with Gasteiger partial charge in [-0.2, -0.15) is 0 Å². The van der Waals surface area contributed by atoms with Gasteiger partial charge in [-0.1, -0.05) is 37.3 Å². The van der Waals surface area contributed by atoms with Crippen LogP contribution >= 0.6 is 24.0 Å². The van der Waals surface area contributed by atoms with E-state index in [1.165, 1.54) is 18.4 Å². The fourth-order valence-electron chi connectivity index (χ4n) is 3.44. The molecule has 0 saturated carbocycles. The summed E-state index contributed by atoms with van der Waals surface area (Å²) < 4.78 is 11.7. The van der Waals surface area contributed by atoms with E-state index in [0.717, 1.165) is 25.5 Å². The lowest BCUT2D eigenvalue weighted by atomic mass is 9.96. The van der Waals surface area contributed by atoms with Crippen molar-refractivity contribution in [2.24, 2.45) is 10.9 Å². The van der Waals surface area contributed by atoms with Crippen LogP contribution in [0.4, 0.5) is 0 Å².